The number of anilines is 1. The van der Waals surface area contributed by atoms with Gasteiger partial charge in [-0.05, 0) is 53.8 Å². The molecule has 3 aromatic rings. The third-order valence-electron chi connectivity index (χ3n) is 5.98. The fourth-order valence-corrected chi connectivity index (χ4v) is 5.99. The second-order valence-electron chi connectivity index (χ2n) is 8.94. The first kappa shape index (κ1) is 28.1. The molecule has 11 heteroatoms. The zero-order valence-electron chi connectivity index (χ0n) is 21.3. The van der Waals surface area contributed by atoms with E-state index in [0.29, 0.717) is 29.1 Å². The lowest BCUT2D eigenvalue weighted by Gasteiger charge is -2.26. The quantitative estimate of drug-likeness (QED) is 0.273. The fraction of sp³-hybridized carbons (Fsp3) is 0.214. The van der Waals surface area contributed by atoms with E-state index in [1.54, 1.807) is 49.5 Å². The van der Waals surface area contributed by atoms with E-state index in [9.17, 15) is 18.0 Å². The summed E-state index contributed by atoms with van der Waals surface area (Å²) < 4.78 is 35.6. The number of nitrogens with zero attached hydrogens (tertiary/aromatic N) is 1. The third kappa shape index (κ3) is 7.14. The molecule has 3 N–H and O–H groups in total. The summed E-state index contributed by atoms with van der Waals surface area (Å²) in [5.74, 6) is -1.11. The number of sulfonamides is 1. The van der Waals surface area contributed by atoms with Crippen molar-refractivity contribution in [1.29, 1.82) is 0 Å². The molecule has 1 aliphatic heterocycles. The van der Waals surface area contributed by atoms with Crippen LogP contribution in [-0.2, 0) is 26.2 Å². The van der Waals surface area contributed by atoms with Crippen LogP contribution >= 0.6 is 11.3 Å². The Balaban J connectivity index is 1.66. The molecule has 204 valence electrons. The molecule has 0 saturated heterocycles. The summed E-state index contributed by atoms with van der Waals surface area (Å²) in [5.41, 5.74) is 2.42. The van der Waals surface area contributed by atoms with Gasteiger partial charge in [0.25, 0.3) is 0 Å². The topological polar surface area (TPSA) is 125 Å². The highest BCUT2D eigenvalue weighted by Crippen LogP contribution is 2.31. The van der Waals surface area contributed by atoms with Crippen LogP contribution < -0.4 is 14.8 Å². The summed E-state index contributed by atoms with van der Waals surface area (Å²) >= 11 is 1.49. The molecule has 1 aromatic heterocycles. The number of likely N-dealkylation sites (N-methyl/N-ethyl adjacent to an activating group) is 1. The Morgan fingerprint density at radius 1 is 1.15 bits per heavy atom. The number of para-hydroxylation sites is 1. The van der Waals surface area contributed by atoms with Crippen molar-refractivity contribution in [1.82, 2.24) is 9.62 Å². The van der Waals surface area contributed by atoms with E-state index in [4.69, 9.17) is 9.84 Å². The van der Waals surface area contributed by atoms with Crippen molar-refractivity contribution in [3.05, 3.63) is 94.3 Å². The van der Waals surface area contributed by atoms with Gasteiger partial charge >= 0.3 is 5.97 Å². The maximum atomic E-state index is 13.8. The molecular weight excluding hydrogens is 538 g/mol. The maximum Gasteiger partial charge on any atom is 0.303 e. The minimum Gasteiger partial charge on any atom is -0.493 e. The average Bonchev–Trinajstić information content (AvgIpc) is 3.42. The number of carboxylic acids is 1. The van der Waals surface area contributed by atoms with Crippen molar-refractivity contribution in [3.63, 3.8) is 0 Å². The van der Waals surface area contributed by atoms with Crippen LogP contribution in [0, 0.1) is 0 Å². The van der Waals surface area contributed by atoms with Crippen LogP contribution in [0.3, 0.4) is 0 Å². The summed E-state index contributed by atoms with van der Waals surface area (Å²) in [6.07, 6.45) is 3.70. The first-order chi connectivity index (χ1) is 18.6. The fourth-order valence-electron chi connectivity index (χ4n) is 4.03. The monoisotopic (exact) mass is 567 g/mol. The Morgan fingerprint density at radius 2 is 1.95 bits per heavy atom. The number of allylic oxidation sites excluding steroid dienone is 1. The third-order valence-corrected chi connectivity index (χ3v) is 8.27. The zero-order valence-corrected chi connectivity index (χ0v) is 22.9. The standard InChI is InChI=1S/C28H29N3O6S2/c1-19-11-12-20-17-22(13-14-24(20)29-19)39(35,36)30-27(28(34)31(2)18-21-7-6-16-38-21)23-8-3-4-9-25(23)37-15-5-10-26(32)33/h3-4,6-9,11-14,16-17,27,29-30H,1,5,10,15,18H2,2H3,(H,32,33)/t27-/m1/s1. The summed E-state index contributed by atoms with van der Waals surface area (Å²) in [4.78, 5) is 27.1. The molecule has 0 spiro atoms. The van der Waals surface area contributed by atoms with Crippen molar-refractivity contribution in [2.45, 2.75) is 30.3 Å². The largest absolute Gasteiger partial charge is 0.493 e. The Morgan fingerprint density at radius 3 is 2.69 bits per heavy atom. The van der Waals surface area contributed by atoms with Crippen molar-refractivity contribution < 1.29 is 27.9 Å². The highest BCUT2D eigenvalue weighted by Gasteiger charge is 2.32. The van der Waals surface area contributed by atoms with Crippen LogP contribution in [0.1, 0.15) is 34.9 Å². The van der Waals surface area contributed by atoms with E-state index in [1.807, 2.05) is 17.5 Å². The number of thiophene rings is 1. The van der Waals surface area contributed by atoms with Gasteiger partial charge in [0, 0.05) is 35.3 Å². The molecule has 0 radical (unpaired) electrons. The van der Waals surface area contributed by atoms with Crippen LogP contribution in [0.2, 0.25) is 0 Å². The summed E-state index contributed by atoms with van der Waals surface area (Å²) in [5, 5.41) is 13.9. The van der Waals surface area contributed by atoms with Crippen molar-refractivity contribution >= 4 is 45.0 Å². The van der Waals surface area contributed by atoms with E-state index >= 15 is 0 Å². The Labute approximate surface area is 231 Å². The Hall–Kier alpha value is -3.93. The molecule has 0 bridgehead atoms. The average molecular weight is 568 g/mol. The number of hydrogen-bond acceptors (Lipinski definition) is 7. The van der Waals surface area contributed by atoms with Gasteiger partial charge in [0.2, 0.25) is 15.9 Å². The van der Waals surface area contributed by atoms with Crippen molar-refractivity contribution in [3.8, 4) is 5.75 Å². The lowest BCUT2D eigenvalue weighted by Crippen LogP contribution is -2.41. The second kappa shape index (κ2) is 12.3. The number of nitrogens with one attached hydrogen (secondary N) is 2. The molecular formula is C28H29N3O6S2. The number of aliphatic carboxylic acids is 1. The SMILES string of the molecule is C=C1C=Cc2cc(S(=O)(=O)N[C@@H](C(=O)N(C)Cc3cccs3)c3ccccc3OCCCC(=O)O)ccc2N1. The predicted octanol–water partition coefficient (Wildman–Crippen LogP) is 4.62. The summed E-state index contributed by atoms with van der Waals surface area (Å²) in [7, 11) is -2.55. The number of carbonyl (C=O) groups is 2. The van der Waals surface area contributed by atoms with Gasteiger partial charge in [-0.3, -0.25) is 9.59 Å². The van der Waals surface area contributed by atoms with E-state index in [-0.39, 0.29) is 24.3 Å². The van der Waals surface area contributed by atoms with Crippen LogP contribution in [-0.4, -0.2) is 44.0 Å². The molecule has 4 rings (SSSR count). The Kier molecular flexibility index (Phi) is 8.85. The second-order valence-corrected chi connectivity index (χ2v) is 11.7. The van der Waals surface area contributed by atoms with Gasteiger partial charge in [-0.15, -0.1) is 11.3 Å². The van der Waals surface area contributed by atoms with Gasteiger partial charge in [0.1, 0.15) is 11.8 Å². The number of carboxylic acid groups (broad SMARTS) is 1. The lowest BCUT2D eigenvalue weighted by molar-refractivity contribution is -0.137. The van der Waals surface area contributed by atoms with E-state index in [0.717, 1.165) is 10.6 Å². The zero-order chi connectivity index (χ0) is 28.0. The number of benzene rings is 2. The normalized spacial score (nSPS) is 13.3. The van der Waals surface area contributed by atoms with Crippen molar-refractivity contribution in [2.75, 3.05) is 19.0 Å². The van der Waals surface area contributed by atoms with Crippen LogP contribution in [0.4, 0.5) is 5.69 Å². The number of hydrogen-bond donors (Lipinski definition) is 3. The Bertz CT molecular complexity index is 1500. The molecule has 0 fully saturated rings. The lowest BCUT2D eigenvalue weighted by atomic mass is 10.1. The minimum atomic E-state index is -4.16. The van der Waals surface area contributed by atoms with E-state index in [1.165, 1.54) is 28.4 Å². The van der Waals surface area contributed by atoms with Gasteiger partial charge in [-0.1, -0.05) is 36.9 Å². The summed E-state index contributed by atoms with van der Waals surface area (Å²) in [6.45, 7) is 4.25. The molecule has 1 atom stereocenters. The highest BCUT2D eigenvalue weighted by molar-refractivity contribution is 7.89. The summed E-state index contributed by atoms with van der Waals surface area (Å²) in [6, 6.07) is 13.8. The molecule has 9 nitrogen and oxygen atoms in total. The highest BCUT2D eigenvalue weighted by atomic mass is 32.2. The number of carbonyl (C=O) groups excluding carboxylic acids is 1. The van der Waals surface area contributed by atoms with Crippen LogP contribution in [0.15, 0.2) is 83.2 Å². The number of fused-ring (bicyclic) bond motifs is 1. The molecule has 1 amide bonds. The van der Waals surface area contributed by atoms with Crippen LogP contribution in [0.25, 0.3) is 6.08 Å². The van der Waals surface area contributed by atoms with E-state index in [2.05, 4.69) is 16.6 Å². The minimum absolute atomic E-state index is 0.00113. The number of ether oxygens (including phenoxy) is 1. The van der Waals surface area contributed by atoms with Gasteiger partial charge in [-0.2, -0.15) is 4.72 Å². The molecule has 1 aliphatic rings. The molecule has 2 heterocycles. The first-order valence-electron chi connectivity index (χ1n) is 12.2. The van der Waals surface area contributed by atoms with Crippen LogP contribution in [0.5, 0.6) is 5.75 Å². The molecule has 0 saturated carbocycles. The number of rotatable bonds is 12. The maximum absolute atomic E-state index is 13.8. The van der Waals surface area contributed by atoms with Gasteiger partial charge in [0.05, 0.1) is 18.0 Å². The van der Waals surface area contributed by atoms with Gasteiger partial charge in [-0.25, -0.2) is 8.42 Å². The molecule has 0 aliphatic carbocycles. The van der Waals surface area contributed by atoms with E-state index < -0.39 is 27.9 Å². The van der Waals surface area contributed by atoms with Gasteiger partial charge in [0.15, 0.2) is 0 Å². The number of amides is 1. The molecule has 0 unspecified atom stereocenters. The first-order valence-corrected chi connectivity index (χ1v) is 14.5. The molecule has 39 heavy (non-hydrogen) atoms. The van der Waals surface area contributed by atoms with Gasteiger partial charge < -0.3 is 20.1 Å². The predicted molar refractivity (Wildman–Crippen MR) is 151 cm³/mol. The smallest absolute Gasteiger partial charge is 0.303 e. The van der Waals surface area contributed by atoms with Crippen molar-refractivity contribution in [2.24, 2.45) is 0 Å². The molecule has 2 aromatic carbocycles.